The van der Waals surface area contributed by atoms with E-state index in [2.05, 4.69) is 16.0 Å². The van der Waals surface area contributed by atoms with Gasteiger partial charge in [0.25, 0.3) is 0 Å². The number of carboxylic acid groups (broad SMARTS) is 1. The quantitative estimate of drug-likeness (QED) is 0.119. The highest BCUT2D eigenvalue weighted by Gasteiger charge is 2.29. The molecule has 0 saturated carbocycles. The van der Waals surface area contributed by atoms with Gasteiger partial charge in [0.2, 0.25) is 17.7 Å². The Hall–Kier alpha value is -4.35. The highest BCUT2D eigenvalue weighted by atomic mass is 16.5. The summed E-state index contributed by atoms with van der Waals surface area (Å²) in [6.07, 6.45) is 4.68. The number of anilines is 1. The summed E-state index contributed by atoms with van der Waals surface area (Å²) in [5.41, 5.74) is 1.98. The number of nitrogens with one attached hydrogen (secondary N) is 3. The van der Waals surface area contributed by atoms with Crippen LogP contribution in [0.25, 0.3) is 0 Å². The molecule has 1 aromatic rings. The van der Waals surface area contributed by atoms with Crippen LogP contribution >= 0.6 is 0 Å². The Labute approximate surface area is 251 Å². The number of hydrogen-bond acceptors (Lipinski definition) is 8. The fourth-order valence-corrected chi connectivity index (χ4v) is 4.54. The summed E-state index contributed by atoms with van der Waals surface area (Å²) in [7, 11) is 0. The summed E-state index contributed by atoms with van der Waals surface area (Å²) >= 11 is 0. The molecule has 0 fully saturated rings. The zero-order valence-corrected chi connectivity index (χ0v) is 25.1. The molecule has 2 rings (SSSR count). The zero-order valence-electron chi connectivity index (χ0n) is 25.1. The normalized spacial score (nSPS) is 14.3. The van der Waals surface area contributed by atoms with Crippen LogP contribution in [0.4, 0.5) is 5.69 Å². The number of hydrogen-bond donors (Lipinski definition) is 4. The van der Waals surface area contributed by atoms with Crippen LogP contribution in [0.15, 0.2) is 30.4 Å². The van der Waals surface area contributed by atoms with E-state index in [1.54, 1.807) is 32.0 Å². The first kappa shape index (κ1) is 34.8. The van der Waals surface area contributed by atoms with Crippen LogP contribution in [0.1, 0.15) is 77.3 Å². The lowest BCUT2D eigenvalue weighted by atomic mass is 9.97. The van der Waals surface area contributed by atoms with Gasteiger partial charge in [-0.15, -0.1) is 0 Å². The van der Waals surface area contributed by atoms with Crippen molar-refractivity contribution in [3.8, 4) is 0 Å². The second-order valence-electron chi connectivity index (χ2n) is 11.0. The number of unbranched alkanes of at least 4 members (excludes halogenated alkanes) is 1. The number of carboxylic acids is 1. The van der Waals surface area contributed by atoms with Gasteiger partial charge in [-0.3, -0.25) is 33.6 Å². The smallest absolute Gasteiger partial charge is 0.303 e. The fourth-order valence-electron chi connectivity index (χ4n) is 4.54. The number of carbonyl (C=O) groups is 7. The van der Waals surface area contributed by atoms with E-state index in [0.717, 1.165) is 11.1 Å². The third-order valence-electron chi connectivity index (χ3n) is 7.00. The van der Waals surface area contributed by atoms with Crippen LogP contribution in [0.5, 0.6) is 0 Å². The highest BCUT2D eigenvalue weighted by molar-refractivity contribution is 6.18. The maximum atomic E-state index is 13.0. The Balaban J connectivity index is 1.95. The zero-order chi connectivity index (χ0) is 32.1. The Morgan fingerprint density at radius 2 is 1.56 bits per heavy atom. The topological polar surface area (TPSA) is 185 Å². The van der Waals surface area contributed by atoms with Crippen molar-refractivity contribution in [3.63, 3.8) is 0 Å². The number of rotatable bonds is 17. The number of ether oxygens (including phenoxy) is 1. The molecule has 0 saturated heterocycles. The monoisotopic (exact) mass is 599 g/mol. The minimum absolute atomic E-state index is 0.0327. The van der Waals surface area contributed by atoms with Crippen molar-refractivity contribution in [2.24, 2.45) is 11.8 Å². The second-order valence-corrected chi connectivity index (χ2v) is 11.0. The van der Waals surface area contributed by atoms with E-state index >= 15 is 0 Å². The molecular weight excluding hydrogens is 558 g/mol. The van der Waals surface area contributed by atoms with Crippen molar-refractivity contribution >= 4 is 46.9 Å². The van der Waals surface area contributed by atoms with Gasteiger partial charge in [0.15, 0.2) is 11.6 Å². The van der Waals surface area contributed by atoms with Gasteiger partial charge in [-0.25, -0.2) is 0 Å². The molecule has 1 aliphatic carbocycles. The van der Waals surface area contributed by atoms with Gasteiger partial charge in [0.05, 0.1) is 5.92 Å². The van der Waals surface area contributed by atoms with E-state index in [1.807, 2.05) is 0 Å². The van der Waals surface area contributed by atoms with Crippen LogP contribution in [0, 0.1) is 11.8 Å². The molecule has 12 nitrogen and oxygen atoms in total. The van der Waals surface area contributed by atoms with Gasteiger partial charge in [-0.1, -0.05) is 19.9 Å². The molecule has 0 radical (unpaired) electrons. The van der Waals surface area contributed by atoms with E-state index in [1.165, 1.54) is 26.0 Å². The lowest BCUT2D eigenvalue weighted by molar-refractivity contribution is -0.142. The average Bonchev–Trinajstić information content (AvgIpc) is 3.25. The standard InChI is InChI=1S/C31H41N3O9/c1-18(2)29(34-27(38)10-7-9-24-25(36)14-15-26(24)37)31(42)32-19(3)30(41)33-23-13-12-22(17-43-20(4)35)21(16-23)8-5-6-11-28(39)40/h12-16,18-19,24,29H,5-11,17H2,1-4H3,(H,32,42)(H,33,41)(H,34,38)(H,39,40)/t19-,29-/m0/s1. The minimum atomic E-state index is -0.947. The number of allylic oxidation sites excluding steroid dienone is 2. The van der Waals surface area contributed by atoms with Crippen LogP contribution in [-0.2, 0) is 51.3 Å². The first-order chi connectivity index (χ1) is 20.3. The van der Waals surface area contributed by atoms with Crippen molar-refractivity contribution in [3.05, 3.63) is 41.5 Å². The van der Waals surface area contributed by atoms with Crippen molar-refractivity contribution in [2.45, 2.75) is 91.3 Å². The van der Waals surface area contributed by atoms with Gasteiger partial charge in [-0.05, 0) is 80.4 Å². The summed E-state index contributed by atoms with van der Waals surface area (Å²) in [5, 5.41) is 17.0. The molecule has 1 aromatic carbocycles. The number of benzene rings is 1. The molecule has 0 aromatic heterocycles. The molecule has 12 heteroatoms. The second kappa shape index (κ2) is 16.9. The molecule has 1 aliphatic rings. The largest absolute Gasteiger partial charge is 0.481 e. The van der Waals surface area contributed by atoms with Crippen LogP contribution in [0.3, 0.4) is 0 Å². The van der Waals surface area contributed by atoms with E-state index < -0.39 is 47.7 Å². The van der Waals surface area contributed by atoms with E-state index in [4.69, 9.17) is 9.84 Å². The molecule has 0 bridgehead atoms. The van der Waals surface area contributed by atoms with Gasteiger partial charge in [-0.2, -0.15) is 0 Å². The van der Waals surface area contributed by atoms with E-state index in [-0.39, 0.29) is 43.4 Å². The van der Waals surface area contributed by atoms with Crippen LogP contribution in [-0.4, -0.2) is 58.4 Å². The Bertz CT molecular complexity index is 1240. The van der Waals surface area contributed by atoms with Crippen LogP contribution < -0.4 is 16.0 Å². The third-order valence-corrected chi connectivity index (χ3v) is 7.00. The predicted octanol–water partition coefficient (Wildman–Crippen LogP) is 2.63. The van der Waals surface area contributed by atoms with Crippen molar-refractivity contribution in [1.82, 2.24) is 10.6 Å². The van der Waals surface area contributed by atoms with Crippen LogP contribution in [0.2, 0.25) is 0 Å². The lowest BCUT2D eigenvalue weighted by Crippen LogP contribution is -2.53. The molecule has 234 valence electrons. The summed E-state index contributed by atoms with van der Waals surface area (Å²) < 4.78 is 5.11. The van der Waals surface area contributed by atoms with Gasteiger partial charge >= 0.3 is 11.9 Å². The van der Waals surface area contributed by atoms with Crippen molar-refractivity contribution in [2.75, 3.05) is 5.32 Å². The fraction of sp³-hybridized carbons (Fsp3) is 0.516. The molecular formula is C31H41N3O9. The maximum Gasteiger partial charge on any atom is 0.303 e. The lowest BCUT2D eigenvalue weighted by Gasteiger charge is -2.24. The molecule has 0 heterocycles. The molecule has 43 heavy (non-hydrogen) atoms. The number of carbonyl (C=O) groups excluding carboxylic acids is 6. The Morgan fingerprint density at radius 3 is 2.16 bits per heavy atom. The van der Waals surface area contributed by atoms with Gasteiger partial charge in [0, 0.05) is 25.5 Å². The first-order valence-corrected chi connectivity index (χ1v) is 14.4. The molecule has 0 spiro atoms. The number of aliphatic carboxylic acids is 1. The maximum absolute atomic E-state index is 13.0. The number of aryl methyl sites for hydroxylation is 1. The van der Waals surface area contributed by atoms with E-state index in [9.17, 15) is 33.6 Å². The van der Waals surface area contributed by atoms with Gasteiger partial charge in [0.1, 0.15) is 18.7 Å². The van der Waals surface area contributed by atoms with Crippen molar-refractivity contribution < 1.29 is 43.4 Å². The average molecular weight is 600 g/mol. The first-order valence-electron chi connectivity index (χ1n) is 14.4. The summed E-state index contributed by atoms with van der Waals surface area (Å²) in [6, 6.07) is 3.24. The Kier molecular flexibility index (Phi) is 13.7. The SMILES string of the molecule is CC(=O)OCc1ccc(NC(=O)[C@H](C)NC(=O)[C@@H](NC(=O)CCCC2C(=O)C=CC2=O)C(C)C)cc1CCCCC(=O)O. The summed E-state index contributed by atoms with van der Waals surface area (Å²) in [4.78, 5) is 84.0. The summed E-state index contributed by atoms with van der Waals surface area (Å²) in [5.74, 6) is -4.30. The molecule has 4 N–H and O–H groups in total. The van der Waals surface area contributed by atoms with E-state index in [0.29, 0.717) is 31.4 Å². The third kappa shape index (κ3) is 11.8. The summed E-state index contributed by atoms with van der Waals surface area (Å²) in [6.45, 7) is 6.37. The number of ketones is 2. The molecule has 3 amide bonds. The number of amides is 3. The van der Waals surface area contributed by atoms with Gasteiger partial charge < -0.3 is 25.8 Å². The molecule has 2 atom stereocenters. The Morgan fingerprint density at radius 1 is 0.884 bits per heavy atom. The minimum Gasteiger partial charge on any atom is -0.481 e. The highest BCUT2D eigenvalue weighted by Crippen LogP contribution is 2.21. The predicted molar refractivity (Wildman–Crippen MR) is 157 cm³/mol. The molecule has 0 unspecified atom stereocenters. The number of esters is 1. The van der Waals surface area contributed by atoms with Crippen molar-refractivity contribution in [1.29, 1.82) is 0 Å². The molecule has 0 aliphatic heterocycles.